The molecule has 2 aromatic rings. The number of nitrogens with zero attached hydrogens (tertiary/aromatic N) is 1. The average molecular weight is 248 g/mol. The molecule has 1 aliphatic carbocycles. The highest BCUT2D eigenvalue weighted by atomic mass is 16.1. The van der Waals surface area contributed by atoms with Crippen molar-refractivity contribution in [2.75, 3.05) is 0 Å². The third-order valence-corrected chi connectivity index (χ3v) is 3.60. The molecule has 19 heavy (non-hydrogen) atoms. The van der Waals surface area contributed by atoms with Gasteiger partial charge in [0.15, 0.2) is 0 Å². The molecule has 0 saturated heterocycles. The monoisotopic (exact) mass is 248 g/mol. The topological polar surface area (TPSA) is 66.9 Å². The third-order valence-electron chi connectivity index (χ3n) is 3.60. The Morgan fingerprint density at radius 1 is 1.21 bits per heavy atom. The summed E-state index contributed by atoms with van der Waals surface area (Å²) in [5.41, 5.74) is 8.71. The van der Waals surface area contributed by atoms with E-state index in [1.807, 2.05) is 24.3 Å². The molecule has 0 aliphatic heterocycles. The number of amides is 1. The van der Waals surface area contributed by atoms with Gasteiger partial charge >= 0.3 is 0 Å². The van der Waals surface area contributed by atoms with Crippen LogP contribution in [0.3, 0.4) is 0 Å². The molecule has 0 fully saturated rings. The number of carbonyl (C=O) groups excluding carboxylic acids is 1. The van der Waals surface area contributed by atoms with E-state index >= 15 is 0 Å². The van der Waals surface area contributed by atoms with Gasteiger partial charge in [-0.05, 0) is 46.4 Å². The second-order valence-electron chi connectivity index (χ2n) is 4.69. The van der Waals surface area contributed by atoms with E-state index in [2.05, 4.69) is 12.1 Å². The summed E-state index contributed by atoms with van der Waals surface area (Å²) in [5, 5.41) is 11.3. The predicted molar refractivity (Wildman–Crippen MR) is 74.1 cm³/mol. The van der Waals surface area contributed by atoms with Gasteiger partial charge in [0.1, 0.15) is 11.6 Å². The van der Waals surface area contributed by atoms with Crippen LogP contribution in [-0.4, -0.2) is 5.91 Å². The van der Waals surface area contributed by atoms with Crippen LogP contribution in [0.2, 0.25) is 0 Å². The maximum absolute atomic E-state index is 11.1. The van der Waals surface area contributed by atoms with E-state index < -0.39 is 5.91 Å². The van der Waals surface area contributed by atoms with E-state index in [9.17, 15) is 4.79 Å². The zero-order valence-corrected chi connectivity index (χ0v) is 10.3. The molecule has 0 spiro atoms. The lowest BCUT2D eigenvalue weighted by Gasteiger charge is -2.05. The average Bonchev–Trinajstić information content (AvgIpc) is 2.83. The Kier molecular flexibility index (Phi) is 2.57. The van der Waals surface area contributed by atoms with Gasteiger partial charge in [-0.25, -0.2) is 0 Å². The summed E-state index contributed by atoms with van der Waals surface area (Å²) in [6.45, 7) is 0. The fourth-order valence-electron chi connectivity index (χ4n) is 2.71. The fourth-order valence-corrected chi connectivity index (χ4v) is 2.71. The Hall–Kier alpha value is -2.60. The van der Waals surface area contributed by atoms with Crippen LogP contribution >= 0.6 is 0 Å². The third kappa shape index (κ3) is 1.78. The van der Waals surface area contributed by atoms with Crippen molar-refractivity contribution in [2.24, 2.45) is 5.73 Å². The van der Waals surface area contributed by atoms with Gasteiger partial charge in [0.25, 0.3) is 5.91 Å². The minimum atomic E-state index is -0.689. The normalized spacial score (nSPS) is 13.5. The van der Waals surface area contributed by atoms with Gasteiger partial charge < -0.3 is 5.73 Å². The summed E-state index contributed by atoms with van der Waals surface area (Å²) in [4.78, 5) is 11.1. The molecule has 0 bridgehead atoms. The molecule has 0 aromatic heterocycles. The second kappa shape index (κ2) is 4.25. The standard InChI is InChI=1S/C16H12N2O/c17-9-13(16(18)19)8-12-7-6-11-5-4-10-2-1-3-14(12)15(10)11/h1-3,6-8H,4-5H2,(H2,18,19)/b13-8+. The van der Waals surface area contributed by atoms with Crippen LogP contribution in [-0.2, 0) is 17.6 Å². The number of nitrogens with two attached hydrogens (primary N) is 1. The van der Waals surface area contributed by atoms with Crippen molar-refractivity contribution in [3.05, 3.63) is 52.6 Å². The van der Waals surface area contributed by atoms with E-state index in [1.54, 1.807) is 6.08 Å². The van der Waals surface area contributed by atoms with Crippen molar-refractivity contribution >= 4 is 22.8 Å². The maximum atomic E-state index is 11.1. The van der Waals surface area contributed by atoms with Crippen molar-refractivity contribution in [1.29, 1.82) is 5.26 Å². The van der Waals surface area contributed by atoms with Gasteiger partial charge in [-0.1, -0.05) is 30.3 Å². The van der Waals surface area contributed by atoms with Crippen LogP contribution in [0.15, 0.2) is 35.9 Å². The quantitative estimate of drug-likeness (QED) is 0.654. The minimum Gasteiger partial charge on any atom is -0.365 e. The Morgan fingerprint density at radius 3 is 2.63 bits per heavy atom. The van der Waals surface area contributed by atoms with Gasteiger partial charge in [-0.2, -0.15) is 5.26 Å². The number of hydrogen-bond donors (Lipinski definition) is 1. The summed E-state index contributed by atoms with van der Waals surface area (Å²) < 4.78 is 0. The first kappa shape index (κ1) is 11.5. The van der Waals surface area contributed by atoms with Gasteiger partial charge in [0.05, 0.1) is 0 Å². The van der Waals surface area contributed by atoms with E-state index in [1.165, 1.54) is 16.5 Å². The van der Waals surface area contributed by atoms with E-state index in [-0.39, 0.29) is 5.57 Å². The first-order chi connectivity index (χ1) is 9.20. The maximum Gasteiger partial charge on any atom is 0.259 e. The first-order valence-electron chi connectivity index (χ1n) is 6.16. The Balaban J connectivity index is 2.28. The molecular formula is C16H12N2O. The zero-order valence-electron chi connectivity index (χ0n) is 10.3. The molecule has 1 aliphatic rings. The number of aryl methyl sites for hydroxylation is 2. The highest BCUT2D eigenvalue weighted by Gasteiger charge is 2.15. The van der Waals surface area contributed by atoms with Crippen LogP contribution in [0.4, 0.5) is 0 Å². The SMILES string of the molecule is N#C/C(=C\c1ccc2c3c(cccc13)CC2)C(N)=O. The Bertz CT molecular complexity index is 756. The molecule has 2 N–H and O–H groups in total. The lowest BCUT2D eigenvalue weighted by Crippen LogP contribution is -2.12. The van der Waals surface area contributed by atoms with Crippen molar-refractivity contribution < 1.29 is 4.79 Å². The van der Waals surface area contributed by atoms with E-state index in [0.717, 1.165) is 23.8 Å². The van der Waals surface area contributed by atoms with Crippen LogP contribution < -0.4 is 5.73 Å². The fraction of sp³-hybridized carbons (Fsp3) is 0.125. The van der Waals surface area contributed by atoms with Crippen molar-refractivity contribution in [1.82, 2.24) is 0 Å². The molecule has 92 valence electrons. The molecule has 3 heteroatoms. The Morgan fingerprint density at radius 2 is 1.95 bits per heavy atom. The number of rotatable bonds is 2. The molecule has 1 amide bonds. The summed E-state index contributed by atoms with van der Waals surface area (Å²) in [7, 11) is 0. The molecule has 3 nitrogen and oxygen atoms in total. The molecule has 0 saturated carbocycles. The summed E-state index contributed by atoms with van der Waals surface area (Å²) in [6.07, 6.45) is 3.69. The van der Waals surface area contributed by atoms with Crippen molar-refractivity contribution in [3.8, 4) is 6.07 Å². The molecule has 0 radical (unpaired) electrons. The van der Waals surface area contributed by atoms with E-state index in [0.29, 0.717) is 0 Å². The van der Waals surface area contributed by atoms with Crippen LogP contribution in [0.5, 0.6) is 0 Å². The van der Waals surface area contributed by atoms with Crippen LogP contribution in [0, 0.1) is 11.3 Å². The molecular weight excluding hydrogens is 236 g/mol. The zero-order chi connectivity index (χ0) is 13.4. The van der Waals surface area contributed by atoms with Gasteiger partial charge in [-0.15, -0.1) is 0 Å². The molecule has 3 rings (SSSR count). The first-order valence-corrected chi connectivity index (χ1v) is 6.16. The number of carbonyl (C=O) groups is 1. The number of hydrogen-bond acceptors (Lipinski definition) is 2. The summed E-state index contributed by atoms with van der Waals surface area (Å²) in [5.74, 6) is -0.689. The van der Waals surface area contributed by atoms with Crippen molar-refractivity contribution in [3.63, 3.8) is 0 Å². The molecule has 2 aromatic carbocycles. The molecule has 0 atom stereocenters. The lowest BCUT2D eigenvalue weighted by molar-refractivity contribution is -0.114. The Labute approximate surface area is 111 Å². The summed E-state index contributed by atoms with van der Waals surface area (Å²) in [6, 6.07) is 12.0. The number of benzene rings is 2. The molecule has 0 heterocycles. The van der Waals surface area contributed by atoms with E-state index in [4.69, 9.17) is 11.0 Å². The van der Waals surface area contributed by atoms with Gasteiger partial charge in [-0.3, -0.25) is 4.79 Å². The van der Waals surface area contributed by atoms with Crippen LogP contribution in [0.1, 0.15) is 16.7 Å². The smallest absolute Gasteiger partial charge is 0.259 e. The summed E-state index contributed by atoms with van der Waals surface area (Å²) >= 11 is 0. The van der Waals surface area contributed by atoms with Crippen LogP contribution in [0.25, 0.3) is 16.8 Å². The second-order valence-corrected chi connectivity index (χ2v) is 4.69. The van der Waals surface area contributed by atoms with Gasteiger partial charge in [0.2, 0.25) is 0 Å². The number of nitriles is 1. The minimum absolute atomic E-state index is 0.0151. The highest BCUT2D eigenvalue weighted by Crippen LogP contribution is 2.33. The highest BCUT2D eigenvalue weighted by molar-refractivity contribution is 6.04. The largest absolute Gasteiger partial charge is 0.365 e. The predicted octanol–water partition coefficient (Wildman–Crippen LogP) is 2.33. The number of primary amides is 1. The van der Waals surface area contributed by atoms with Crippen molar-refractivity contribution in [2.45, 2.75) is 12.8 Å². The lowest BCUT2D eigenvalue weighted by atomic mass is 9.98. The van der Waals surface area contributed by atoms with Gasteiger partial charge in [0, 0.05) is 0 Å². The molecule has 0 unspecified atom stereocenters.